The summed E-state index contributed by atoms with van der Waals surface area (Å²) in [5, 5.41) is 16.3. The molecular weight excluding hydrogens is 356 g/mol. The molecular formula is C22H34N2O4. The monoisotopic (exact) mass is 390 g/mol. The summed E-state index contributed by atoms with van der Waals surface area (Å²) in [5.41, 5.74) is -0.323. The largest absolute Gasteiger partial charge is 0.444 e. The lowest BCUT2D eigenvalue weighted by atomic mass is 9.89. The lowest BCUT2D eigenvalue weighted by molar-refractivity contribution is 0.0400. The summed E-state index contributed by atoms with van der Waals surface area (Å²) in [7, 11) is 0. The molecule has 6 heteroatoms. The average molecular weight is 391 g/mol. The molecule has 0 aliphatic heterocycles. The van der Waals surface area contributed by atoms with Gasteiger partial charge >= 0.3 is 6.09 Å². The summed E-state index contributed by atoms with van der Waals surface area (Å²) in [4.78, 5) is 25.1. The van der Waals surface area contributed by atoms with Crippen molar-refractivity contribution >= 4 is 11.9 Å². The van der Waals surface area contributed by atoms with Crippen molar-refractivity contribution in [2.24, 2.45) is 5.41 Å². The third kappa shape index (κ3) is 8.67. The van der Waals surface area contributed by atoms with Gasteiger partial charge in [0.05, 0.1) is 6.10 Å². The van der Waals surface area contributed by atoms with Crippen molar-refractivity contribution in [2.75, 3.05) is 13.1 Å². The molecule has 0 unspecified atom stereocenters. The highest BCUT2D eigenvalue weighted by atomic mass is 16.6. The molecule has 1 amide bonds. The van der Waals surface area contributed by atoms with Crippen molar-refractivity contribution in [3.05, 3.63) is 48.6 Å². The van der Waals surface area contributed by atoms with Crippen LogP contribution >= 0.6 is 0 Å². The van der Waals surface area contributed by atoms with E-state index in [9.17, 15) is 14.7 Å². The summed E-state index contributed by atoms with van der Waals surface area (Å²) in [5.74, 6) is -0.369. The van der Waals surface area contributed by atoms with E-state index in [0.29, 0.717) is 12.1 Å². The number of aliphatic hydroxyl groups excluding tert-OH is 1. The quantitative estimate of drug-likeness (QED) is 0.421. The molecule has 28 heavy (non-hydrogen) atoms. The average Bonchev–Trinajstić information content (AvgIpc) is 2.58. The van der Waals surface area contributed by atoms with E-state index in [0.717, 1.165) is 6.42 Å². The molecule has 156 valence electrons. The van der Waals surface area contributed by atoms with Gasteiger partial charge in [-0.3, -0.25) is 4.79 Å². The first-order valence-electron chi connectivity index (χ1n) is 9.54. The van der Waals surface area contributed by atoms with Gasteiger partial charge in [0.1, 0.15) is 11.6 Å². The molecule has 0 aromatic heterocycles. The second kappa shape index (κ2) is 10.4. The van der Waals surface area contributed by atoms with E-state index in [1.54, 1.807) is 51.1 Å². The fraction of sp³-hybridized carbons (Fsp3) is 0.545. The van der Waals surface area contributed by atoms with E-state index in [4.69, 9.17) is 4.74 Å². The van der Waals surface area contributed by atoms with Crippen LogP contribution in [0.25, 0.3) is 0 Å². The van der Waals surface area contributed by atoms with Gasteiger partial charge in [-0.15, -0.1) is 6.58 Å². The van der Waals surface area contributed by atoms with Gasteiger partial charge < -0.3 is 20.5 Å². The Hall–Kier alpha value is -2.18. The molecule has 6 nitrogen and oxygen atoms in total. The van der Waals surface area contributed by atoms with Crippen molar-refractivity contribution in [1.29, 1.82) is 0 Å². The van der Waals surface area contributed by atoms with Crippen LogP contribution in [0.15, 0.2) is 43.0 Å². The molecule has 0 heterocycles. The number of hydrogen-bond acceptors (Lipinski definition) is 5. The van der Waals surface area contributed by atoms with Gasteiger partial charge in [0.2, 0.25) is 0 Å². The maximum atomic E-state index is 12.9. The summed E-state index contributed by atoms with van der Waals surface area (Å²) < 4.78 is 5.25. The van der Waals surface area contributed by atoms with Crippen LogP contribution in [0.4, 0.5) is 4.79 Å². The van der Waals surface area contributed by atoms with Crippen LogP contribution in [-0.2, 0) is 4.74 Å². The Labute approximate surface area is 168 Å². The molecule has 0 aliphatic rings. The fourth-order valence-corrected chi connectivity index (χ4v) is 2.69. The first-order valence-corrected chi connectivity index (χ1v) is 9.54. The first-order chi connectivity index (χ1) is 12.9. The van der Waals surface area contributed by atoms with Crippen LogP contribution < -0.4 is 10.6 Å². The molecule has 1 rings (SSSR count). The Bertz CT molecular complexity index is 650. The zero-order chi connectivity index (χ0) is 21.4. The normalized spacial score (nSPS) is 14.1. The fourth-order valence-electron chi connectivity index (χ4n) is 2.69. The van der Waals surface area contributed by atoms with Gasteiger partial charge in [-0.1, -0.05) is 50.3 Å². The minimum atomic E-state index is -1.12. The highest BCUT2D eigenvalue weighted by Crippen LogP contribution is 2.19. The second-order valence-corrected chi connectivity index (χ2v) is 8.71. The van der Waals surface area contributed by atoms with Crippen LogP contribution in [0.1, 0.15) is 51.4 Å². The van der Waals surface area contributed by atoms with Crippen LogP contribution in [-0.4, -0.2) is 47.8 Å². The van der Waals surface area contributed by atoms with E-state index in [-0.39, 0.29) is 17.7 Å². The third-order valence-corrected chi connectivity index (χ3v) is 4.05. The number of allylic oxidation sites excluding steroid dienone is 1. The third-order valence-electron chi connectivity index (χ3n) is 4.05. The Balaban J connectivity index is 2.85. The number of ketones is 1. The minimum Gasteiger partial charge on any atom is -0.444 e. The number of benzene rings is 1. The van der Waals surface area contributed by atoms with E-state index in [2.05, 4.69) is 31.1 Å². The van der Waals surface area contributed by atoms with E-state index < -0.39 is 23.8 Å². The van der Waals surface area contributed by atoms with Gasteiger partial charge in [-0.05, 0) is 32.6 Å². The minimum absolute atomic E-state index is 0.0288. The number of Topliss-reactive ketones (excluding diaryl/α,β-unsaturated/α-hetero) is 1. The maximum Gasteiger partial charge on any atom is 0.408 e. The lowest BCUT2D eigenvalue weighted by Gasteiger charge is -2.28. The topological polar surface area (TPSA) is 87.7 Å². The maximum absolute atomic E-state index is 12.9. The van der Waals surface area contributed by atoms with Crippen LogP contribution in [0.3, 0.4) is 0 Å². The lowest BCUT2D eigenvalue weighted by Crippen LogP contribution is -2.53. The van der Waals surface area contributed by atoms with Crippen molar-refractivity contribution in [3.8, 4) is 0 Å². The van der Waals surface area contributed by atoms with Gasteiger partial charge in [0, 0.05) is 18.7 Å². The molecule has 0 bridgehead atoms. The van der Waals surface area contributed by atoms with Gasteiger partial charge in [-0.2, -0.15) is 0 Å². The number of carbonyl (C=O) groups is 2. The molecule has 0 radical (unpaired) electrons. The molecule has 1 aromatic carbocycles. The number of aliphatic hydroxyl groups is 1. The number of hydrogen-bond donors (Lipinski definition) is 3. The Morgan fingerprint density at radius 1 is 1.18 bits per heavy atom. The van der Waals surface area contributed by atoms with Crippen molar-refractivity contribution < 1.29 is 19.4 Å². The Morgan fingerprint density at radius 2 is 1.79 bits per heavy atom. The summed E-state index contributed by atoms with van der Waals surface area (Å²) in [6.07, 6.45) is 0.815. The molecule has 0 spiro atoms. The van der Waals surface area contributed by atoms with E-state index >= 15 is 0 Å². The predicted molar refractivity (Wildman–Crippen MR) is 111 cm³/mol. The molecule has 0 fully saturated rings. The number of ether oxygens (including phenoxy) is 1. The van der Waals surface area contributed by atoms with Crippen LogP contribution in [0, 0.1) is 5.41 Å². The number of alkyl carbamates (subject to hydrolysis) is 1. The number of rotatable bonds is 10. The molecule has 0 saturated heterocycles. The Morgan fingerprint density at radius 3 is 2.32 bits per heavy atom. The highest BCUT2D eigenvalue weighted by molar-refractivity contribution is 6.01. The molecule has 2 atom stereocenters. The highest BCUT2D eigenvalue weighted by Gasteiger charge is 2.31. The van der Waals surface area contributed by atoms with Crippen LogP contribution in [0.2, 0.25) is 0 Å². The van der Waals surface area contributed by atoms with Gasteiger partial charge in [0.15, 0.2) is 5.78 Å². The SMILES string of the molecule is C=CCC(C)(C)CNC[C@@H](O)[C@@H](NC(=O)OC(C)(C)C)C(=O)c1ccccc1. The zero-order valence-electron chi connectivity index (χ0n) is 17.6. The first kappa shape index (κ1) is 23.9. The van der Waals surface area contributed by atoms with Crippen LogP contribution in [0.5, 0.6) is 0 Å². The second-order valence-electron chi connectivity index (χ2n) is 8.71. The molecule has 0 saturated carbocycles. The number of amides is 1. The van der Waals surface area contributed by atoms with Gasteiger partial charge in [-0.25, -0.2) is 4.79 Å². The number of nitrogens with one attached hydrogen (secondary N) is 2. The van der Waals surface area contributed by atoms with E-state index in [1.807, 2.05) is 6.08 Å². The molecule has 3 N–H and O–H groups in total. The number of carbonyl (C=O) groups excluding carboxylic acids is 2. The van der Waals surface area contributed by atoms with Crippen molar-refractivity contribution in [3.63, 3.8) is 0 Å². The summed E-state index contributed by atoms with van der Waals surface area (Å²) >= 11 is 0. The van der Waals surface area contributed by atoms with E-state index in [1.165, 1.54) is 0 Å². The summed E-state index contributed by atoms with van der Waals surface area (Å²) in [6.45, 7) is 13.9. The van der Waals surface area contributed by atoms with Crippen molar-refractivity contribution in [1.82, 2.24) is 10.6 Å². The summed E-state index contributed by atoms with van der Waals surface area (Å²) in [6, 6.07) is 7.46. The smallest absolute Gasteiger partial charge is 0.408 e. The molecule has 1 aromatic rings. The Kier molecular flexibility index (Phi) is 8.85. The predicted octanol–water partition coefficient (Wildman–Crippen LogP) is 3.32. The zero-order valence-corrected chi connectivity index (χ0v) is 17.6. The standard InChI is InChI=1S/C22H34N2O4/c1-7-13-22(5,6)15-23-14-17(25)18(24-20(27)28-21(2,3)4)19(26)16-11-9-8-10-12-16/h7-12,17-18,23,25H,1,13-15H2,2-6H3,(H,24,27)/t17-,18-/m1/s1. The van der Waals surface area contributed by atoms with Crippen molar-refractivity contribution in [2.45, 2.75) is 58.8 Å². The molecule has 0 aliphatic carbocycles. The van der Waals surface area contributed by atoms with Gasteiger partial charge in [0.25, 0.3) is 0 Å².